The topological polar surface area (TPSA) is 37.9 Å². The van der Waals surface area contributed by atoms with E-state index < -0.39 is 0 Å². The highest BCUT2D eigenvalue weighted by molar-refractivity contribution is 5.34. The number of rotatable bonds is 4. The third-order valence-electron chi connectivity index (χ3n) is 3.38. The molecule has 0 radical (unpaired) electrons. The Morgan fingerprint density at radius 3 is 2.50 bits per heavy atom. The molecule has 1 N–H and O–H groups in total. The van der Waals surface area contributed by atoms with Gasteiger partial charge in [-0.3, -0.25) is 5.10 Å². The number of nitrogens with one attached hydrogen (secondary N) is 1. The zero-order chi connectivity index (χ0) is 13.1. The Balaban J connectivity index is 1.94. The highest BCUT2D eigenvalue weighted by atomic mass is 16.5. The second kappa shape index (κ2) is 5.25. The van der Waals surface area contributed by atoms with Crippen LogP contribution in [0.25, 0.3) is 0 Å². The molecule has 0 saturated heterocycles. The summed E-state index contributed by atoms with van der Waals surface area (Å²) in [6.07, 6.45) is 0.890. The predicted molar refractivity (Wildman–Crippen MR) is 73.2 cm³/mol. The van der Waals surface area contributed by atoms with Gasteiger partial charge in [-0.05, 0) is 56.5 Å². The summed E-state index contributed by atoms with van der Waals surface area (Å²) in [6, 6.07) is 6.21. The van der Waals surface area contributed by atoms with Gasteiger partial charge in [0.15, 0.2) is 0 Å². The van der Waals surface area contributed by atoms with Crippen LogP contribution in [0, 0.1) is 27.7 Å². The third kappa shape index (κ3) is 2.73. The Kier molecular flexibility index (Phi) is 3.70. The molecule has 1 aromatic carbocycles. The summed E-state index contributed by atoms with van der Waals surface area (Å²) in [5, 5.41) is 7.18. The van der Waals surface area contributed by atoms with Gasteiger partial charge in [-0.2, -0.15) is 5.10 Å². The molecule has 0 saturated carbocycles. The molecular formula is C15H20N2O. The summed E-state index contributed by atoms with van der Waals surface area (Å²) in [5.41, 5.74) is 6.03. The number of aromatic nitrogens is 2. The highest BCUT2D eigenvalue weighted by Crippen LogP contribution is 2.17. The zero-order valence-electron chi connectivity index (χ0n) is 11.5. The molecule has 2 rings (SSSR count). The standard InChI is InChI=1S/C15H20N2O/c1-10-5-6-14(9-11(10)2)18-8-7-15-12(3)16-17-13(15)4/h5-6,9H,7-8H2,1-4H3,(H,16,17). The summed E-state index contributed by atoms with van der Waals surface area (Å²) in [6.45, 7) is 8.97. The van der Waals surface area contributed by atoms with Crippen LogP contribution in [-0.4, -0.2) is 16.8 Å². The maximum Gasteiger partial charge on any atom is 0.119 e. The Morgan fingerprint density at radius 1 is 1.11 bits per heavy atom. The lowest BCUT2D eigenvalue weighted by atomic mass is 10.1. The molecule has 18 heavy (non-hydrogen) atoms. The van der Waals surface area contributed by atoms with Crippen molar-refractivity contribution in [2.24, 2.45) is 0 Å². The Labute approximate surface area is 108 Å². The van der Waals surface area contributed by atoms with E-state index in [2.05, 4.69) is 36.2 Å². The summed E-state index contributed by atoms with van der Waals surface area (Å²) in [7, 11) is 0. The van der Waals surface area contributed by atoms with Crippen LogP contribution in [0.4, 0.5) is 0 Å². The first-order valence-corrected chi connectivity index (χ1v) is 6.28. The van der Waals surface area contributed by atoms with Crippen molar-refractivity contribution in [3.8, 4) is 5.75 Å². The van der Waals surface area contributed by atoms with Crippen LogP contribution in [0.15, 0.2) is 18.2 Å². The van der Waals surface area contributed by atoms with E-state index in [9.17, 15) is 0 Å². The fourth-order valence-electron chi connectivity index (χ4n) is 2.02. The fourth-order valence-corrected chi connectivity index (χ4v) is 2.02. The van der Waals surface area contributed by atoms with Crippen LogP contribution in [0.1, 0.15) is 28.1 Å². The van der Waals surface area contributed by atoms with Gasteiger partial charge in [-0.1, -0.05) is 6.07 Å². The summed E-state index contributed by atoms with van der Waals surface area (Å²) in [4.78, 5) is 0. The van der Waals surface area contributed by atoms with Gasteiger partial charge >= 0.3 is 0 Å². The van der Waals surface area contributed by atoms with Crippen molar-refractivity contribution in [1.29, 1.82) is 0 Å². The molecule has 0 fully saturated rings. The molecule has 0 atom stereocenters. The summed E-state index contributed by atoms with van der Waals surface area (Å²) >= 11 is 0. The fraction of sp³-hybridized carbons (Fsp3) is 0.400. The second-order valence-corrected chi connectivity index (χ2v) is 4.76. The SMILES string of the molecule is Cc1ccc(OCCc2c(C)n[nH]c2C)cc1C. The molecule has 0 amide bonds. The number of ether oxygens (including phenoxy) is 1. The molecule has 1 heterocycles. The molecule has 0 aliphatic rings. The van der Waals surface area contributed by atoms with Gasteiger partial charge in [0.05, 0.1) is 12.3 Å². The lowest BCUT2D eigenvalue weighted by Crippen LogP contribution is -2.03. The first-order valence-electron chi connectivity index (χ1n) is 6.28. The minimum absolute atomic E-state index is 0.684. The number of aryl methyl sites for hydroxylation is 4. The maximum absolute atomic E-state index is 5.78. The van der Waals surface area contributed by atoms with Crippen molar-refractivity contribution in [3.63, 3.8) is 0 Å². The van der Waals surface area contributed by atoms with Crippen LogP contribution in [0.5, 0.6) is 5.75 Å². The normalized spacial score (nSPS) is 10.7. The van der Waals surface area contributed by atoms with E-state index in [-0.39, 0.29) is 0 Å². The Morgan fingerprint density at radius 2 is 1.89 bits per heavy atom. The number of aromatic amines is 1. The molecule has 1 aromatic heterocycles. The van der Waals surface area contributed by atoms with Crippen molar-refractivity contribution in [3.05, 3.63) is 46.3 Å². The summed E-state index contributed by atoms with van der Waals surface area (Å²) in [5.74, 6) is 0.942. The number of hydrogen-bond donors (Lipinski definition) is 1. The van der Waals surface area contributed by atoms with Crippen molar-refractivity contribution in [2.75, 3.05) is 6.61 Å². The van der Waals surface area contributed by atoms with Crippen LogP contribution in [0.3, 0.4) is 0 Å². The van der Waals surface area contributed by atoms with E-state index in [0.717, 1.165) is 23.6 Å². The van der Waals surface area contributed by atoms with E-state index in [4.69, 9.17) is 4.74 Å². The Bertz CT molecular complexity index is 524. The van der Waals surface area contributed by atoms with Gasteiger partial charge in [0.25, 0.3) is 0 Å². The van der Waals surface area contributed by atoms with Gasteiger partial charge in [-0.25, -0.2) is 0 Å². The molecule has 3 heteroatoms. The molecule has 0 bridgehead atoms. The smallest absolute Gasteiger partial charge is 0.119 e. The highest BCUT2D eigenvalue weighted by Gasteiger charge is 2.06. The number of H-pyrrole nitrogens is 1. The summed E-state index contributed by atoms with van der Waals surface area (Å²) < 4.78 is 5.78. The quantitative estimate of drug-likeness (QED) is 0.896. The van der Waals surface area contributed by atoms with Crippen LogP contribution in [-0.2, 0) is 6.42 Å². The van der Waals surface area contributed by atoms with Crippen LogP contribution >= 0.6 is 0 Å². The molecule has 96 valence electrons. The maximum atomic E-state index is 5.78. The minimum atomic E-state index is 0.684. The molecular weight excluding hydrogens is 224 g/mol. The van der Waals surface area contributed by atoms with E-state index >= 15 is 0 Å². The molecule has 0 aliphatic heterocycles. The van der Waals surface area contributed by atoms with Crippen molar-refractivity contribution < 1.29 is 4.74 Å². The van der Waals surface area contributed by atoms with Crippen molar-refractivity contribution in [1.82, 2.24) is 10.2 Å². The lowest BCUT2D eigenvalue weighted by molar-refractivity contribution is 0.321. The predicted octanol–water partition coefficient (Wildman–Crippen LogP) is 3.26. The zero-order valence-corrected chi connectivity index (χ0v) is 11.5. The van der Waals surface area contributed by atoms with E-state index in [0.29, 0.717) is 6.61 Å². The van der Waals surface area contributed by atoms with Gasteiger partial charge in [0.1, 0.15) is 5.75 Å². The van der Waals surface area contributed by atoms with Gasteiger partial charge in [-0.15, -0.1) is 0 Å². The lowest BCUT2D eigenvalue weighted by Gasteiger charge is -2.08. The van der Waals surface area contributed by atoms with E-state index in [1.807, 2.05) is 19.9 Å². The number of nitrogens with zero attached hydrogens (tertiary/aromatic N) is 1. The largest absolute Gasteiger partial charge is 0.493 e. The van der Waals surface area contributed by atoms with Gasteiger partial charge in [0.2, 0.25) is 0 Å². The second-order valence-electron chi connectivity index (χ2n) is 4.76. The van der Waals surface area contributed by atoms with Crippen LogP contribution in [0.2, 0.25) is 0 Å². The molecule has 0 spiro atoms. The first kappa shape index (κ1) is 12.7. The minimum Gasteiger partial charge on any atom is -0.493 e. The Hall–Kier alpha value is -1.77. The van der Waals surface area contributed by atoms with Gasteiger partial charge in [0, 0.05) is 12.1 Å². The van der Waals surface area contributed by atoms with Crippen molar-refractivity contribution in [2.45, 2.75) is 34.1 Å². The molecule has 3 nitrogen and oxygen atoms in total. The molecule has 0 aliphatic carbocycles. The molecule has 2 aromatic rings. The monoisotopic (exact) mass is 244 g/mol. The van der Waals surface area contributed by atoms with Gasteiger partial charge < -0.3 is 4.74 Å². The van der Waals surface area contributed by atoms with E-state index in [1.165, 1.54) is 16.7 Å². The third-order valence-corrected chi connectivity index (χ3v) is 3.38. The van der Waals surface area contributed by atoms with E-state index in [1.54, 1.807) is 0 Å². The average Bonchev–Trinajstić information content (AvgIpc) is 2.65. The molecule has 0 unspecified atom stereocenters. The number of benzene rings is 1. The number of hydrogen-bond acceptors (Lipinski definition) is 2. The average molecular weight is 244 g/mol. The first-order chi connectivity index (χ1) is 8.58. The van der Waals surface area contributed by atoms with Crippen molar-refractivity contribution >= 4 is 0 Å². The van der Waals surface area contributed by atoms with Crippen LogP contribution < -0.4 is 4.74 Å².